The SMILES string of the molecule is CN=C(NCCCOC1CCCC1)NCC(C)Oc1ccccc1F. The third-order valence-corrected chi connectivity index (χ3v) is 4.21. The van der Waals surface area contributed by atoms with Crippen LogP contribution in [0.1, 0.15) is 39.0 Å². The van der Waals surface area contributed by atoms with E-state index in [9.17, 15) is 4.39 Å². The lowest BCUT2D eigenvalue weighted by molar-refractivity contribution is 0.0574. The van der Waals surface area contributed by atoms with Gasteiger partial charge in [-0.05, 0) is 38.3 Å². The number of benzene rings is 1. The van der Waals surface area contributed by atoms with Crippen molar-refractivity contribution in [3.63, 3.8) is 0 Å². The predicted molar refractivity (Wildman–Crippen MR) is 98.7 cm³/mol. The van der Waals surface area contributed by atoms with Crippen molar-refractivity contribution in [2.24, 2.45) is 4.99 Å². The number of hydrogen-bond acceptors (Lipinski definition) is 3. The van der Waals surface area contributed by atoms with E-state index in [4.69, 9.17) is 9.47 Å². The van der Waals surface area contributed by atoms with Crippen LogP contribution in [0.25, 0.3) is 0 Å². The van der Waals surface area contributed by atoms with Crippen LogP contribution in [0.15, 0.2) is 29.3 Å². The van der Waals surface area contributed by atoms with E-state index < -0.39 is 0 Å². The average Bonchev–Trinajstić information content (AvgIpc) is 3.13. The molecular weight excluding hydrogens is 321 g/mol. The van der Waals surface area contributed by atoms with Crippen LogP contribution in [0.3, 0.4) is 0 Å². The van der Waals surface area contributed by atoms with Gasteiger partial charge in [0.15, 0.2) is 17.5 Å². The summed E-state index contributed by atoms with van der Waals surface area (Å²) in [5.74, 6) is 0.632. The van der Waals surface area contributed by atoms with E-state index in [0.717, 1.165) is 19.6 Å². The second kappa shape index (κ2) is 10.9. The summed E-state index contributed by atoms with van der Waals surface area (Å²) in [4.78, 5) is 4.18. The van der Waals surface area contributed by atoms with Crippen molar-refractivity contribution in [2.45, 2.75) is 51.2 Å². The maximum atomic E-state index is 13.6. The Bertz CT molecular complexity index is 533. The van der Waals surface area contributed by atoms with Crippen LogP contribution in [-0.2, 0) is 4.74 Å². The van der Waals surface area contributed by atoms with Crippen LogP contribution >= 0.6 is 0 Å². The molecule has 0 heterocycles. The highest BCUT2D eigenvalue weighted by Crippen LogP contribution is 2.20. The lowest BCUT2D eigenvalue weighted by Gasteiger charge is -2.18. The molecule has 1 aliphatic rings. The molecule has 1 fully saturated rings. The van der Waals surface area contributed by atoms with Crippen LogP contribution in [0.2, 0.25) is 0 Å². The smallest absolute Gasteiger partial charge is 0.191 e. The molecule has 25 heavy (non-hydrogen) atoms. The molecule has 2 N–H and O–H groups in total. The Balaban J connectivity index is 1.58. The summed E-state index contributed by atoms with van der Waals surface area (Å²) in [6.45, 7) is 4.01. The fraction of sp³-hybridized carbons (Fsp3) is 0.632. The molecule has 0 amide bonds. The molecule has 5 nitrogen and oxygen atoms in total. The number of hydrogen-bond donors (Lipinski definition) is 2. The van der Waals surface area contributed by atoms with Gasteiger partial charge in [0.05, 0.1) is 12.6 Å². The molecule has 0 bridgehead atoms. The Kier molecular flexibility index (Phi) is 8.52. The van der Waals surface area contributed by atoms with Gasteiger partial charge < -0.3 is 20.1 Å². The zero-order chi connectivity index (χ0) is 17.9. The number of halogens is 1. The Labute approximate surface area is 150 Å². The highest BCUT2D eigenvalue weighted by Gasteiger charge is 2.14. The van der Waals surface area contributed by atoms with Crippen molar-refractivity contribution in [3.05, 3.63) is 30.1 Å². The number of nitrogens with zero attached hydrogens (tertiary/aromatic N) is 1. The fourth-order valence-corrected chi connectivity index (χ4v) is 2.84. The van der Waals surface area contributed by atoms with E-state index in [0.29, 0.717) is 18.6 Å². The van der Waals surface area contributed by atoms with Crippen LogP contribution in [0.4, 0.5) is 4.39 Å². The number of rotatable bonds is 9. The second-order valence-corrected chi connectivity index (χ2v) is 6.37. The molecule has 0 spiro atoms. The third kappa shape index (κ3) is 7.30. The molecule has 0 aromatic heterocycles. The van der Waals surface area contributed by atoms with Crippen molar-refractivity contribution >= 4 is 5.96 Å². The van der Waals surface area contributed by atoms with Gasteiger partial charge >= 0.3 is 0 Å². The highest BCUT2D eigenvalue weighted by molar-refractivity contribution is 5.79. The van der Waals surface area contributed by atoms with Gasteiger partial charge in [-0.15, -0.1) is 0 Å². The molecule has 1 unspecified atom stereocenters. The van der Waals surface area contributed by atoms with E-state index in [1.54, 1.807) is 25.2 Å². The Morgan fingerprint density at radius 1 is 1.28 bits per heavy atom. The first-order valence-corrected chi connectivity index (χ1v) is 9.16. The molecule has 2 rings (SSSR count). The zero-order valence-corrected chi connectivity index (χ0v) is 15.3. The van der Waals surface area contributed by atoms with E-state index in [2.05, 4.69) is 15.6 Å². The molecule has 0 saturated heterocycles. The summed E-state index contributed by atoms with van der Waals surface area (Å²) < 4.78 is 25.0. The first kappa shape index (κ1) is 19.5. The summed E-state index contributed by atoms with van der Waals surface area (Å²) >= 11 is 0. The normalized spacial score (nSPS) is 16.7. The minimum Gasteiger partial charge on any atom is -0.486 e. The van der Waals surface area contributed by atoms with Crippen molar-refractivity contribution in [2.75, 3.05) is 26.7 Å². The van der Waals surface area contributed by atoms with Gasteiger partial charge in [-0.1, -0.05) is 25.0 Å². The van der Waals surface area contributed by atoms with E-state index in [1.165, 1.54) is 31.7 Å². The number of aliphatic imine (C=N–C) groups is 1. The van der Waals surface area contributed by atoms with Crippen molar-refractivity contribution in [1.82, 2.24) is 10.6 Å². The van der Waals surface area contributed by atoms with Gasteiger partial charge in [-0.3, -0.25) is 4.99 Å². The summed E-state index contributed by atoms with van der Waals surface area (Å²) in [6, 6.07) is 6.42. The Hall–Kier alpha value is -1.82. The third-order valence-electron chi connectivity index (χ3n) is 4.21. The minimum absolute atomic E-state index is 0.179. The zero-order valence-electron chi connectivity index (χ0n) is 15.3. The van der Waals surface area contributed by atoms with Gasteiger partial charge in [-0.2, -0.15) is 0 Å². The van der Waals surface area contributed by atoms with E-state index in [1.807, 2.05) is 6.92 Å². The molecule has 0 radical (unpaired) electrons. The monoisotopic (exact) mass is 351 g/mol. The highest BCUT2D eigenvalue weighted by atomic mass is 19.1. The predicted octanol–water partition coefficient (Wildman–Crippen LogP) is 3.11. The summed E-state index contributed by atoms with van der Waals surface area (Å²) in [5.41, 5.74) is 0. The van der Waals surface area contributed by atoms with Gasteiger partial charge in [0.2, 0.25) is 0 Å². The van der Waals surface area contributed by atoms with Gasteiger partial charge in [0.25, 0.3) is 0 Å². The number of nitrogens with one attached hydrogen (secondary N) is 2. The quantitative estimate of drug-likeness (QED) is 0.408. The summed E-state index contributed by atoms with van der Waals surface area (Å²) in [6.07, 6.45) is 6.24. The average molecular weight is 351 g/mol. The Morgan fingerprint density at radius 2 is 2.04 bits per heavy atom. The first-order chi connectivity index (χ1) is 12.2. The van der Waals surface area contributed by atoms with E-state index >= 15 is 0 Å². The summed E-state index contributed by atoms with van der Waals surface area (Å²) in [7, 11) is 1.73. The van der Waals surface area contributed by atoms with Gasteiger partial charge in [-0.25, -0.2) is 4.39 Å². The maximum absolute atomic E-state index is 13.6. The molecule has 1 aromatic carbocycles. The van der Waals surface area contributed by atoms with Crippen LogP contribution in [-0.4, -0.2) is 44.9 Å². The molecule has 1 atom stereocenters. The molecule has 140 valence electrons. The topological polar surface area (TPSA) is 54.9 Å². The number of para-hydroxylation sites is 1. The van der Waals surface area contributed by atoms with E-state index in [-0.39, 0.29) is 17.7 Å². The number of ether oxygens (including phenoxy) is 2. The van der Waals surface area contributed by atoms with Crippen LogP contribution < -0.4 is 15.4 Å². The minimum atomic E-state index is -0.348. The van der Waals surface area contributed by atoms with Gasteiger partial charge in [0.1, 0.15) is 6.10 Å². The van der Waals surface area contributed by atoms with Crippen molar-refractivity contribution < 1.29 is 13.9 Å². The number of guanidine groups is 1. The van der Waals surface area contributed by atoms with Crippen molar-refractivity contribution in [3.8, 4) is 5.75 Å². The molecule has 6 heteroatoms. The first-order valence-electron chi connectivity index (χ1n) is 9.16. The largest absolute Gasteiger partial charge is 0.486 e. The molecule has 1 saturated carbocycles. The molecule has 1 aromatic rings. The van der Waals surface area contributed by atoms with Crippen LogP contribution in [0.5, 0.6) is 5.75 Å². The van der Waals surface area contributed by atoms with Crippen molar-refractivity contribution in [1.29, 1.82) is 0 Å². The Morgan fingerprint density at radius 3 is 2.76 bits per heavy atom. The fourth-order valence-electron chi connectivity index (χ4n) is 2.84. The molecule has 1 aliphatic carbocycles. The standard InChI is InChI=1S/C19H30FN3O2/c1-15(25-18-11-6-5-10-17(18)20)14-23-19(21-2)22-12-7-13-24-16-8-3-4-9-16/h5-6,10-11,15-16H,3-4,7-9,12-14H2,1-2H3,(H2,21,22,23). The second-order valence-electron chi connectivity index (χ2n) is 6.37. The molecular formula is C19H30FN3O2. The molecule has 0 aliphatic heterocycles. The van der Waals surface area contributed by atoms with Crippen LogP contribution in [0, 0.1) is 5.82 Å². The summed E-state index contributed by atoms with van der Waals surface area (Å²) in [5, 5.41) is 6.45. The lowest BCUT2D eigenvalue weighted by atomic mass is 10.3. The maximum Gasteiger partial charge on any atom is 0.191 e. The lowest BCUT2D eigenvalue weighted by Crippen LogP contribution is -2.42. The van der Waals surface area contributed by atoms with Gasteiger partial charge in [0, 0.05) is 20.2 Å².